The highest BCUT2D eigenvalue weighted by molar-refractivity contribution is 5.34. The van der Waals surface area contributed by atoms with Crippen LogP contribution in [-0.2, 0) is 0 Å². The van der Waals surface area contributed by atoms with Crippen molar-refractivity contribution in [2.24, 2.45) is 0 Å². The lowest BCUT2D eigenvalue weighted by atomic mass is 10.1. The molecule has 2 nitrogen and oxygen atoms in total. The molecule has 0 radical (unpaired) electrons. The lowest BCUT2D eigenvalue weighted by Crippen LogP contribution is -2.02. The molecular weight excluding hydrogens is 200 g/mol. The minimum absolute atomic E-state index is 0.466. The van der Waals surface area contributed by atoms with E-state index in [0.29, 0.717) is 0 Å². The van der Waals surface area contributed by atoms with Gasteiger partial charge in [-0.05, 0) is 19.4 Å². The van der Waals surface area contributed by atoms with E-state index < -0.39 is 6.10 Å². The maximum atomic E-state index is 9.57. The fraction of sp³-hybridized carbons (Fsp3) is 0.571. The van der Waals surface area contributed by atoms with E-state index in [1.807, 2.05) is 24.3 Å². The quantitative estimate of drug-likeness (QED) is 0.713. The minimum Gasteiger partial charge on any atom is -0.493 e. The van der Waals surface area contributed by atoms with Crippen molar-refractivity contribution in [1.29, 1.82) is 0 Å². The first kappa shape index (κ1) is 13.0. The van der Waals surface area contributed by atoms with Crippen LogP contribution in [0.25, 0.3) is 0 Å². The number of hydrogen-bond donors (Lipinski definition) is 1. The van der Waals surface area contributed by atoms with Crippen LogP contribution in [0.2, 0.25) is 0 Å². The molecule has 1 N–H and O–H groups in total. The lowest BCUT2D eigenvalue weighted by Gasteiger charge is -2.12. The van der Waals surface area contributed by atoms with Crippen molar-refractivity contribution in [3.8, 4) is 5.75 Å². The second-order valence-electron chi connectivity index (χ2n) is 4.12. The van der Waals surface area contributed by atoms with Gasteiger partial charge in [0.1, 0.15) is 5.75 Å². The molecule has 0 fully saturated rings. The monoisotopic (exact) mass is 222 g/mol. The number of aliphatic hydroxyl groups excluding tert-OH is 1. The second-order valence-corrected chi connectivity index (χ2v) is 4.12. The number of hydrogen-bond acceptors (Lipinski definition) is 2. The zero-order valence-electron chi connectivity index (χ0n) is 10.3. The molecule has 0 aliphatic carbocycles. The fourth-order valence-electron chi connectivity index (χ4n) is 1.67. The molecule has 0 unspecified atom stereocenters. The van der Waals surface area contributed by atoms with Gasteiger partial charge in [-0.1, -0.05) is 44.4 Å². The lowest BCUT2D eigenvalue weighted by molar-refractivity contribution is 0.190. The Morgan fingerprint density at radius 2 is 1.94 bits per heavy atom. The smallest absolute Gasteiger partial charge is 0.125 e. The first-order chi connectivity index (χ1) is 7.75. The van der Waals surface area contributed by atoms with Crippen LogP contribution in [0.3, 0.4) is 0 Å². The van der Waals surface area contributed by atoms with Crippen LogP contribution in [0.15, 0.2) is 24.3 Å². The zero-order valence-corrected chi connectivity index (χ0v) is 10.3. The summed E-state index contributed by atoms with van der Waals surface area (Å²) in [6.07, 6.45) is 4.34. The van der Waals surface area contributed by atoms with Gasteiger partial charge in [-0.3, -0.25) is 0 Å². The Hall–Kier alpha value is -1.02. The molecule has 0 aliphatic heterocycles. The van der Waals surface area contributed by atoms with Crippen LogP contribution in [-0.4, -0.2) is 11.7 Å². The number of benzene rings is 1. The summed E-state index contributed by atoms with van der Waals surface area (Å²) in [4.78, 5) is 0. The molecule has 0 saturated carbocycles. The number of aliphatic hydroxyl groups is 1. The maximum absolute atomic E-state index is 9.57. The van der Waals surface area contributed by atoms with E-state index in [1.165, 1.54) is 19.3 Å². The molecule has 0 amide bonds. The predicted molar refractivity (Wildman–Crippen MR) is 66.7 cm³/mol. The van der Waals surface area contributed by atoms with Crippen molar-refractivity contribution < 1.29 is 9.84 Å². The maximum Gasteiger partial charge on any atom is 0.125 e. The largest absolute Gasteiger partial charge is 0.493 e. The van der Waals surface area contributed by atoms with E-state index in [-0.39, 0.29) is 0 Å². The molecule has 0 heterocycles. The molecule has 0 spiro atoms. The van der Waals surface area contributed by atoms with Crippen molar-refractivity contribution in [3.63, 3.8) is 0 Å². The fourth-order valence-corrected chi connectivity index (χ4v) is 1.67. The Kier molecular flexibility index (Phi) is 5.94. The Morgan fingerprint density at radius 1 is 1.19 bits per heavy atom. The summed E-state index contributed by atoms with van der Waals surface area (Å²) in [5.41, 5.74) is 0.873. The van der Waals surface area contributed by atoms with E-state index in [9.17, 15) is 5.11 Å². The van der Waals surface area contributed by atoms with Crippen LogP contribution in [0, 0.1) is 0 Å². The average Bonchev–Trinajstić information content (AvgIpc) is 2.29. The first-order valence-electron chi connectivity index (χ1n) is 6.15. The summed E-state index contributed by atoms with van der Waals surface area (Å²) < 4.78 is 5.69. The van der Waals surface area contributed by atoms with Gasteiger partial charge in [-0.25, -0.2) is 0 Å². The third kappa shape index (κ3) is 4.23. The zero-order chi connectivity index (χ0) is 11.8. The highest BCUT2D eigenvalue weighted by Gasteiger charge is 2.07. The summed E-state index contributed by atoms with van der Waals surface area (Å²) in [7, 11) is 0. The molecular formula is C14H22O2. The van der Waals surface area contributed by atoms with Gasteiger partial charge in [0.2, 0.25) is 0 Å². The first-order valence-corrected chi connectivity index (χ1v) is 6.15. The Morgan fingerprint density at radius 3 is 2.62 bits per heavy atom. The summed E-state index contributed by atoms with van der Waals surface area (Å²) in [6.45, 7) is 4.70. The van der Waals surface area contributed by atoms with E-state index >= 15 is 0 Å². The molecule has 1 aromatic carbocycles. The van der Waals surface area contributed by atoms with Crippen LogP contribution in [0.1, 0.15) is 51.2 Å². The van der Waals surface area contributed by atoms with Gasteiger partial charge in [0.05, 0.1) is 12.7 Å². The molecule has 1 rings (SSSR count). The van der Waals surface area contributed by atoms with Crippen molar-refractivity contribution in [1.82, 2.24) is 0 Å². The van der Waals surface area contributed by atoms with Gasteiger partial charge in [0, 0.05) is 5.56 Å². The Labute approximate surface area is 98.3 Å². The Balaban J connectivity index is 2.41. The van der Waals surface area contributed by atoms with Crippen LogP contribution in [0.5, 0.6) is 5.75 Å². The Bertz CT molecular complexity index is 295. The van der Waals surface area contributed by atoms with Gasteiger partial charge < -0.3 is 9.84 Å². The number of para-hydroxylation sites is 1. The number of rotatable bonds is 7. The van der Waals surface area contributed by atoms with E-state index in [2.05, 4.69) is 6.92 Å². The van der Waals surface area contributed by atoms with Gasteiger partial charge in [-0.15, -0.1) is 0 Å². The molecule has 1 aromatic rings. The standard InChI is InChI=1S/C14H22O2/c1-3-4-5-8-11-16-14-10-7-6-9-13(14)12(2)15/h6-7,9-10,12,15H,3-5,8,11H2,1-2H3/t12-/m1/s1. The summed E-state index contributed by atoms with van der Waals surface area (Å²) in [6, 6.07) is 7.69. The highest BCUT2D eigenvalue weighted by atomic mass is 16.5. The molecule has 2 heteroatoms. The molecule has 0 bridgehead atoms. The number of ether oxygens (including phenoxy) is 1. The molecule has 0 aliphatic rings. The minimum atomic E-state index is -0.466. The van der Waals surface area contributed by atoms with E-state index in [0.717, 1.165) is 24.3 Å². The van der Waals surface area contributed by atoms with Gasteiger partial charge in [0.25, 0.3) is 0 Å². The molecule has 0 saturated heterocycles. The number of unbranched alkanes of at least 4 members (excludes halogenated alkanes) is 3. The van der Waals surface area contributed by atoms with Gasteiger partial charge in [0.15, 0.2) is 0 Å². The van der Waals surface area contributed by atoms with Crippen molar-refractivity contribution in [2.45, 2.75) is 45.6 Å². The van der Waals surface area contributed by atoms with Crippen molar-refractivity contribution in [2.75, 3.05) is 6.61 Å². The predicted octanol–water partition coefficient (Wildman–Crippen LogP) is 3.70. The van der Waals surface area contributed by atoms with E-state index in [1.54, 1.807) is 6.92 Å². The summed E-state index contributed by atoms with van der Waals surface area (Å²) >= 11 is 0. The van der Waals surface area contributed by atoms with Crippen LogP contribution in [0.4, 0.5) is 0 Å². The molecule has 0 aromatic heterocycles. The van der Waals surface area contributed by atoms with E-state index in [4.69, 9.17) is 4.74 Å². The second kappa shape index (κ2) is 7.29. The topological polar surface area (TPSA) is 29.5 Å². The van der Waals surface area contributed by atoms with Crippen LogP contribution < -0.4 is 4.74 Å². The highest BCUT2D eigenvalue weighted by Crippen LogP contribution is 2.24. The molecule has 1 atom stereocenters. The summed E-state index contributed by atoms with van der Waals surface area (Å²) in [5.74, 6) is 0.814. The third-order valence-corrected chi connectivity index (χ3v) is 2.62. The average molecular weight is 222 g/mol. The summed E-state index contributed by atoms with van der Waals surface area (Å²) in [5, 5.41) is 9.57. The SMILES string of the molecule is CCCCCCOc1ccccc1[C@@H](C)O. The normalized spacial score (nSPS) is 12.4. The van der Waals surface area contributed by atoms with Gasteiger partial charge >= 0.3 is 0 Å². The van der Waals surface area contributed by atoms with Gasteiger partial charge in [-0.2, -0.15) is 0 Å². The molecule has 90 valence electrons. The van der Waals surface area contributed by atoms with Crippen molar-refractivity contribution >= 4 is 0 Å². The third-order valence-electron chi connectivity index (χ3n) is 2.62. The van der Waals surface area contributed by atoms with Crippen LogP contribution >= 0.6 is 0 Å². The molecule has 16 heavy (non-hydrogen) atoms. The van der Waals surface area contributed by atoms with Crippen molar-refractivity contribution in [3.05, 3.63) is 29.8 Å².